The summed E-state index contributed by atoms with van der Waals surface area (Å²) in [5.74, 6) is -0.0244. The largest absolute Gasteiger partial charge is 0.331 e. The van der Waals surface area contributed by atoms with Crippen LogP contribution in [0.2, 0.25) is 0 Å². The van der Waals surface area contributed by atoms with Crippen LogP contribution in [-0.4, -0.2) is 42.8 Å². The Kier molecular flexibility index (Phi) is 2.59. The van der Waals surface area contributed by atoms with Crippen LogP contribution in [0.3, 0.4) is 0 Å². The van der Waals surface area contributed by atoms with Gasteiger partial charge in [-0.15, -0.1) is 0 Å². The van der Waals surface area contributed by atoms with E-state index in [0.717, 1.165) is 12.8 Å². The Morgan fingerprint density at radius 3 is 2.91 bits per heavy atom. The van der Waals surface area contributed by atoms with E-state index in [9.17, 15) is 9.59 Å². The Bertz CT molecular complexity index is 170. The summed E-state index contributed by atoms with van der Waals surface area (Å²) >= 11 is 0. The second-order valence-corrected chi connectivity index (χ2v) is 2.62. The standard InChI is InChI=1S/C7H12N2O2/c1-6(11)9-3-2-8-4-7(9)5-10/h5,7-8H,2-4H2,1H3. The van der Waals surface area contributed by atoms with Gasteiger partial charge in [-0.05, 0) is 0 Å². The fourth-order valence-corrected chi connectivity index (χ4v) is 1.24. The van der Waals surface area contributed by atoms with Gasteiger partial charge in [-0.1, -0.05) is 0 Å². The lowest BCUT2D eigenvalue weighted by atomic mass is 10.2. The molecule has 0 bridgehead atoms. The van der Waals surface area contributed by atoms with E-state index >= 15 is 0 Å². The van der Waals surface area contributed by atoms with Crippen molar-refractivity contribution in [3.63, 3.8) is 0 Å². The van der Waals surface area contributed by atoms with Crippen LogP contribution >= 0.6 is 0 Å². The Balaban J connectivity index is 2.58. The highest BCUT2D eigenvalue weighted by Crippen LogP contribution is 2.00. The predicted octanol–water partition coefficient (Wildman–Crippen LogP) is -0.994. The van der Waals surface area contributed by atoms with E-state index in [2.05, 4.69) is 5.32 Å². The van der Waals surface area contributed by atoms with Gasteiger partial charge in [-0.3, -0.25) is 4.79 Å². The molecule has 1 fully saturated rings. The van der Waals surface area contributed by atoms with E-state index in [1.807, 2.05) is 0 Å². The molecule has 0 aliphatic carbocycles. The van der Waals surface area contributed by atoms with Gasteiger partial charge in [0.25, 0.3) is 0 Å². The molecule has 1 unspecified atom stereocenters. The van der Waals surface area contributed by atoms with E-state index in [1.165, 1.54) is 6.92 Å². The van der Waals surface area contributed by atoms with Crippen molar-refractivity contribution >= 4 is 12.2 Å². The third-order valence-corrected chi connectivity index (χ3v) is 1.84. The van der Waals surface area contributed by atoms with Crippen molar-refractivity contribution in [3.05, 3.63) is 0 Å². The van der Waals surface area contributed by atoms with Crippen LogP contribution in [-0.2, 0) is 9.59 Å². The fraction of sp³-hybridized carbons (Fsp3) is 0.714. The van der Waals surface area contributed by atoms with E-state index < -0.39 is 0 Å². The highest BCUT2D eigenvalue weighted by Gasteiger charge is 2.22. The van der Waals surface area contributed by atoms with Gasteiger partial charge in [0.2, 0.25) is 5.91 Å². The minimum absolute atomic E-state index is 0.0244. The van der Waals surface area contributed by atoms with Crippen molar-refractivity contribution in [2.75, 3.05) is 19.6 Å². The topological polar surface area (TPSA) is 49.4 Å². The molecule has 0 aromatic heterocycles. The highest BCUT2D eigenvalue weighted by atomic mass is 16.2. The summed E-state index contributed by atoms with van der Waals surface area (Å²) in [6.45, 7) is 3.49. The first-order valence-corrected chi connectivity index (χ1v) is 3.69. The monoisotopic (exact) mass is 156 g/mol. The smallest absolute Gasteiger partial charge is 0.220 e. The maximum Gasteiger partial charge on any atom is 0.220 e. The number of piperazine rings is 1. The van der Waals surface area contributed by atoms with Gasteiger partial charge in [0.05, 0.1) is 6.04 Å². The van der Waals surface area contributed by atoms with E-state index in [0.29, 0.717) is 13.1 Å². The van der Waals surface area contributed by atoms with Gasteiger partial charge >= 0.3 is 0 Å². The minimum atomic E-state index is -0.263. The molecule has 62 valence electrons. The zero-order valence-electron chi connectivity index (χ0n) is 6.54. The summed E-state index contributed by atoms with van der Waals surface area (Å²) in [6, 6.07) is -0.263. The first kappa shape index (κ1) is 8.20. The van der Waals surface area contributed by atoms with Gasteiger partial charge in [0.1, 0.15) is 6.29 Å². The lowest BCUT2D eigenvalue weighted by molar-refractivity contribution is -0.135. The average Bonchev–Trinajstić information content (AvgIpc) is 2.04. The second-order valence-electron chi connectivity index (χ2n) is 2.62. The van der Waals surface area contributed by atoms with Crippen LogP contribution in [0.25, 0.3) is 0 Å². The van der Waals surface area contributed by atoms with Gasteiger partial charge in [-0.25, -0.2) is 0 Å². The van der Waals surface area contributed by atoms with Crippen molar-refractivity contribution in [2.24, 2.45) is 0 Å². The Morgan fingerprint density at radius 2 is 2.45 bits per heavy atom. The molecule has 1 heterocycles. The normalized spacial score (nSPS) is 24.8. The molecule has 1 N–H and O–H groups in total. The molecule has 1 amide bonds. The summed E-state index contributed by atoms with van der Waals surface area (Å²) in [5, 5.41) is 3.05. The van der Waals surface area contributed by atoms with Crippen LogP contribution in [0.5, 0.6) is 0 Å². The van der Waals surface area contributed by atoms with E-state index in [-0.39, 0.29) is 11.9 Å². The second kappa shape index (κ2) is 3.48. The predicted molar refractivity (Wildman–Crippen MR) is 40.1 cm³/mol. The number of carbonyl (C=O) groups excluding carboxylic acids is 2. The fourth-order valence-electron chi connectivity index (χ4n) is 1.24. The lowest BCUT2D eigenvalue weighted by Crippen LogP contribution is -2.53. The number of carbonyl (C=O) groups is 2. The van der Waals surface area contributed by atoms with Gasteiger partial charge < -0.3 is 15.0 Å². The van der Waals surface area contributed by atoms with Crippen LogP contribution in [0, 0.1) is 0 Å². The quantitative estimate of drug-likeness (QED) is 0.496. The first-order chi connectivity index (χ1) is 5.25. The molecule has 4 heteroatoms. The zero-order valence-corrected chi connectivity index (χ0v) is 6.54. The average molecular weight is 156 g/mol. The van der Waals surface area contributed by atoms with E-state index in [4.69, 9.17) is 0 Å². The highest BCUT2D eigenvalue weighted by molar-refractivity contribution is 5.77. The minimum Gasteiger partial charge on any atom is -0.331 e. The molecule has 1 saturated heterocycles. The third-order valence-electron chi connectivity index (χ3n) is 1.84. The lowest BCUT2D eigenvalue weighted by Gasteiger charge is -2.31. The zero-order chi connectivity index (χ0) is 8.27. The SMILES string of the molecule is CC(=O)N1CCNCC1C=O. The molecular formula is C7H12N2O2. The molecule has 0 saturated carbocycles. The molecule has 0 aromatic rings. The maximum absolute atomic E-state index is 10.9. The van der Waals surface area contributed by atoms with E-state index in [1.54, 1.807) is 4.90 Å². The Hall–Kier alpha value is -0.900. The van der Waals surface area contributed by atoms with Crippen LogP contribution in [0.15, 0.2) is 0 Å². The maximum atomic E-state index is 10.9. The molecule has 11 heavy (non-hydrogen) atoms. The Labute approximate surface area is 65.6 Å². The van der Waals surface area contributed by atoms with Crippen molar-refractivity contribution < 1.29 is 9.59 Å². The molecule has 4 nitrogen and oxygen atoms in total. The van der Waals surface area contributed by atoms with Crippen molar-refractivity contribution in [1.29, 1.82) is 0 Å². The number of hydrogen-bond donors (Lipinski definition) is 1. The summed E-state index contributed by atoms with van der Waals surface area (Å²) in [7, 11) is 0. The van der Waals surface area contributed by atoms with Crippen LogP contribution < -0.4 is 5.32 Å². The van der Waals surface area contributed by atoms with Gasteiger partial charge in [0, 0.05) is 26.6 Å². The molecule has 0 spiro atoms. The van der Waals surface area contributed by atoms with Gasteiger partial charge in [0.15, 0.2) is 0 Å². The van der Waals surface area contributed by atoms with Gasteiger partial charge in [-0.2, -0.15) is 0 Å². The molecule has 0 aromatic carbocycles. The first-order valence-electron chi connectivity index (χ1n) is 3.69. The summed E-state index contributed by atoms with van der Waals surface area (Å²) in [4.78, 5) is 22.9. The molecule has 1 aliphatic rings. The molecule has 1 aliphatic heterocycles. The van der Waals surface area contributed by atoms with Crippen molar-refractivity contribution in [1.82, 2.24) is 10.2 Å². The number of amides is 1. The van der Waals surface area contributed by atoms with Crippen molar-refractivity contribution in [2.45, 2.75) is 13.0 Å². The molecule has 1 atom stereocenters. The van der Waals surface area contributed by atoms with Crippen LogP contribution in [0.4, 0.5) is 0 Å². The molecule has 0 radical (unpaired) electrons. The molecule has 1 rings (SSSR count). The third kappa shape index (κ3) is 1.77. The summed E-state index contributed by atoms with van der Waals surface area (Å²) in [6.07, 6.45) is 0.813. The molecular weight excluding hydrogens is 144 g/mol. The number of nitrogens with zero attached hydrogens (tertiary/aromatic N) is 1. The number of nitrogens with one attached hydrogen (secondary N) is 1. The van der Waals surface area contributed by atoms with Crippen molar-refractivity contribution in [3.8, 4) is 0 Å². The number of hydrogen-bond acceptors (Lipinski definition) is 3. The van der Waals surface area contributed by atoms with Crippen LogP contribution in [0.1, 0.15) is 6.92 Å². The summed E-state index contributed by atoms with van der Waals surface area (Å²) in [5.41, 5.74) is 0. The Morgan fingerprint density at radius 1 is 1.73 bits per heavy atom. The summed E-state index contributed by atoms with van der Waals surface area (Å²) < 4.78 is 0. The number of rotatable bonds is 1. The number of aldehydes is 1.